The summed E-state index contributed by atoms with van der Waals surface area (Å²) in [5.41, 5.74) is 1.41. The topological polar surface area (TPSA) is 12.0 Å². The zero-order valence-electron chi connectivity index (χ0n) is 11.0. The molecule has 0 radical (unpaired) electrons. The molecule has 0 aliphatic carbocycles. The van der Waals surface area contributed by atoms with Gasteiger partial charge in [-0.3, -0.25) is 0 Å². The first-order chi connectivity index (χ1) is 8.74. The molecule has 1 saturated heterocycles. The zero-order valence-corrected chi connectivity index (χ0v) is 13.4. The molecule has 0 spiro atoms. The van der Waals surface area contributed by atoms with Crippen LogP contribution >= 0.6 is 27.7 Å². The molecule has 1 aromatic carbocycles. The number of hydrogen-bond donors (Lipinski definition) is 1. The Hall–Kier alpha value is 0.01000. The van der Waals surface area contributed by atoms with E-state index in [1.165, 1.54) is 37.1 Å². The summed E-state index contributed by atoms with van der Waals surface area (Å²) in [4.78, 5) is 0. The highest BCUT2D eigenvalue weighted by atomic mass is 79.9. The molecule has 1 aliphatic heterocycles. The van der Waals surface area contributed by atoms with Crippen LogP contribution in [0.2, 0.25) is 0 Å². The normalized spacial score (nSPS) is 21.8. The summed E-state index contributed by atoms with van der Waals surface area (Å²) >= 11 is 5.62. The monoisotopic (exact) mass is 327 g/mol. The Bertz CT molecular complexity index is 346. The van der Waals surface area contributed by atoms with Crippen molar-refractivity contribution < 1.29 is 0 Å². The SMILES string of the molecule is CC(Cc1ccc(Br)cc1)NCC1CCCCS1. The Labute approximate surface area is 123 Å². The minimum atomic E-state index is 0.564. The van der Waals surface area contributed by atoms with Gasteiger partial charge in [-0.2, -0.15) is 11.8 Å². The van der Waals surface area contributed by atoms with Crippen LogP contribution in [0.25, 0.3) is 0 Å². The molecule has 100 valence electrons. The summed E-state index contributed by atoms with van der Waals surface area (Å²) in [6.07, 6.45) is 5.34. The summed E-state index contributed by atoms with van der Waals surface area (Å²) in [5.74, 6) is 1.35. The lowest BCUT2D eigenvalue weighted by Crippen LogP contribution is -2.34. The smallest absolute Gasteiger partial charge is 0.0175 e. The maximum Gasteiger partial charge on any atom is 0.0175 e. The minimum absolute atomic E-state index is 0.564. The molecule has 0 saturated carbocycles. The van der Waals surface area contributed by atoms with Crippen LogP contribution < -0.4 is 5.32 Å². The third-order valence-electron chi connectivity index (χ3n) is 3.42. The third kappa shape index (κ3) is 4.94. The molecule has 1 fully saturated rings. The molecule has 0 amide bonds. The molecule has 3 heteroatoms. The molecule has 0 aromatic heterocycles. The van der Waals surface area contributed by atoms with Crippen molar-refractivity contribution in [3.8, 4) is 0 Å². The van der Waals surface area contributed by atoms with E-state index in [-0.39, 0.29) is 0 Å². The van der Waals surface area contributed by atoms with Crippen LogP contribution in [-0.2, 0) is 6.42 Å². The van der Waals surface area contributed by atoms with Crippen LogP contribution in [0.3, 0.4) is 0 Å². The van der Waals surface area contributed by atoms with Crippen molar-refractivity contribution in [2.24, 2.45) is 0 Å². The Kier molecular flexibility index (Phi) is 6.06. The number of hydrogen-bond acceptors (Lipinski definition) is 2. The van der Waals surface area contributed by atoms with Crippen molar-refractivity contribution in [1.29, 1.82) is 0 Å². The van der Waals surface area contributed by atoms with E-state index in [1.54, 1.807) is 0 Å². The van der Waals surface area contributed by atoms with E-state index in [0.717, 1.165) is 16.1 Å². The molecule has 1 nitrogen and oxygen atoms in total. The molecule has 0 bridgehead atoms. The van der Waals surface area contributed by atoms with Gasteiger partial charge in [-0.1, -0.05) is 34.5 Å². The second-order valence-electron chi connectivity index (χ2n) is 5.13. The van der Waals surface area contributed by atoms with Crippen LogP contribution in [0.1, 0.15) is 31.7 Å². The Balaban J connectivity index is 1.71. The van der Waals surface area contributed by atoms with Gasteiger partial charge in [-0.25, -0.2) is 0 Å². The quantitative estimate of drug-likeness (QED) is 0.867. The number of nitrogens with one attached hydrogen (secondary N) is 1. The number of thioether (sulfide) groups is 1. The van der Waals surface area contributed by atoms with Gasteiger partial charge in [0.2, 0.25) is 0 Å². The minimum Gasteiger partial charge on any atom is -0.313 e. The fourth-order valence-electron chi connectivity index (χ4n) is 2.35. The van der Waals surface area contributed by atoms with E-state index >= 15 is 0 Å². The summed E-state index contributed by atoms with van der Waals surface area (Å²) in [6.45, 7) is 3.46. The molecule has 1 aliphatic rings. The van der Waals surface area contributed by atoms with Crippen molar-refractivity contribution in [3.05, 3.63) is 34.3 Å². The van der Waals surface area contributed by atoms with Gasteiger partial charge >= 0.3 is 0 Å². The van der Waals surface area contributed by atoms with Gasteiger partial charge in [0.05, 0.1) is 0 Å². The lowest BCUT2D eigenvalue weighted by molar-refractivity contribution is 0.520. The van der Waals surface area contributed by atoms with Gasteiger partial charge in [-0.15, -0.1) is 0 Å². The summed E-state index contributed by atoms with van der Waals surface area (Å²) in [5, 5.41) is 4.52. The van der Waals surface area contributed by atoms with Crippen LogP contribution in [0.4, 0.5) is 0 Å². The van der Waals surface area contributed by atoms with Crippen LogP contribution in [-0.4, -0.2) is 23.6 Å². The number of rotatable bonds is 5. The van der Waals surface area contributed by atoms with Crippen molar-refractivity contribution in [2.45, 2.75) is 43.9 Å². The van der Waals surface area contributed by atoms with E-state index in [2.05, 4.69) is 64.2 Å². The van der Waals surface area contributed by atoms with Gasteiger partial charge in [0.15, 0.2) is 0 Å². The summed E-state index contributed by atoms with van der Waals surface area (Å²) in [7, 11) is 0. The van der Waals surface area contributed by atoms with E-state index < -0.39 is 0 Å². The average molecular weight is 328 g/mol. The summed E-state index contributed by atoms with van der Waals surface area (Å²) in [6, 6.07) is 9.22. The predicted molar refractivity (Wildman–Crippen MR) is 85.4 cm³/mol. The van der Waals surface area contributed by atoms with Crippen molar-refractivity contribution in [3.63, 3.8) is 0 Å². The van der Waals surface area contributed by atoms with E-state index in [0.29, 0.717) is 6.04 Å². The lowest BCUT2D eigenvalue weighted by Gasteiger charge is -2.23. The highest BCUT2D eigenvalue weighted by Gasteiger charge is 2.14. The average Bonchev–Trinajstić information content (AvgIpc) is 2.40. The first-order valence-corrected chi connectivity index (χ1v) is 8.67. The van der Waals surface area contributed by atoms with Crippen LogP contribution in [0.15, 0.2) is 28.7 Å². The summed E-state index contributed by atoms with van der Waals surface area (Å²) < 4.78 is 1.16. The van der Waals surface area contributed by atoms with E-state index in [9.17, 15) is 0 Å². The van der Waals surface area contributed by atoms with Gasteiger partial charge in [0.25, 0.3) is 0 Å². The molecular formula is C15H22BrNS. The Morgan fingerprint density at radius 2 is 2.11 bits per heavy atom. The predicted octanol–water partition coefficient (Wildman–Crippen LogP) is 4.26. The maximum absolute atomic E-state index is 3.68. The Morgan fingerprint density at radius 1 is 1.33 bits per heavy atom. The lowest BCUT2D eigenvalue weighted by atomic mass is 10.1. The van der Waals surface area contributed by atoms with E-state index in [4.69, 9.17) is 0 Å². The molecular weight excluding hydrogens is 306 g/mol. The highest BCUT2D eigenvalue weighted by Crippen LogP contribution is 2.24. The molecule has 18 heavy (non-hydrogen) atoms. The molecule has 1 aromatic rings. The number of halogens is 1. The van der Waals surface area contributed by atoms with E-state index in [1.807, 2.05) is 0 Å². The van der Waals surface area contributed by atoms with Crippen LogP contribution in [0.5, 0.6) is 0 Å². The Morgan fingerprint density at radius 3 is 2.78 bits per heavy atom. The standard InChI is InChI=1S/C15H22BrNS/c1-12(10-13-5-7-14(16)8-6-13)17-11-15-4-2-3-9-18-15/h5-8,12,15,17H,2-4,9-11H2,1H3. The molecule has 2 rings (SSSR count). The fourth-order valence-corrected chi connectivity index (χ4v) is 3.86. The molecule has 2 unspecified atom stereocenters. The van der Waals surface area contributed by atoms with Gasteiger partial charge < -0.3 is 5.32 Å². The van der Waals surface area contributed by atoms with Gasteiger partial charge in [-0.05, 0) is 49.6 Å². The van der Waals surface area contributed by atoms with Crippen LogP contribution in [0, 0.1) is 0 Å². The van der Waals surface area contributed by atoms with Gasteiger partial charge in [0.1, 0.15) is 0 Å². The second kappa shape index (κ2) is 7.56. The zero-order chi connectivity index (χ0) is 12.8. The first-order valence-electron chi connectivity index (χ1n) is 6.83. The third-order valence-corrected chi connectivity index (χ3v) is 5.35. The van der Waals surface area contributed by atoms with Gasteiger partial charge in [0, 0.05) is 22.3 Å². The van der Waals surface area contributed by atoms with Crippen molar-refractivity contribution in [1.82, 2.24) is 5.32 Å². The second-order valence-corrected chi connectivity index (χ2v) is 7.45. The molecule has 1 N–H and O–H groups in total. The highest BCUT2D eigenvalue weighted by molar-refractivity contribution is 9.10. The first kappa shape index (κ1) is 14.4. The molecule has 1 heterocycles. The van der Waals surface area contributed by atoms with Crippen molar-refractivity contribution >= 4 is 27.7 Å². The largest absolute Gasteiger partial charge is 0.313 e. The van der Waals surface area contributed by atoms with Crippen molar-refractivity contribution in [2.75, 3.05) is 12.3 Å². The maximum atomic E-state index is 3.68. The molecule has 2 atom stereocenters. The number of benzene rings is 1. The fraction of sp³-hybridized carbons (Fsp3) is 0.600.